The van der Waals surface area contributed by atoms with Gasteiger partial charge in [0.2, 0.25) is 5.91 Å². The average Bonchev–Trinajstić information content (AvgIpc) is 2.71. The van der Waals surface area contributed by atoms with Crippen LogP contribution in [0.15, 0.2) is 54.6 Å². The molecule has 1 aliphatic rings. The molecule has 0 radical (unpaired) electrons. The molecule has 0 unspecified atom stereocenters. The van der Waals surface area contributed by atoms with Gasteiger partial charge in [0.05, 0.1) is 13.2 Å². The monoisotopic (exact) mass is 381 g/mol. The van der Waals surface area contributed by atoms with Gasteiger partial charge in [-0.3, -0.25) is 14.5 Å². The minimum atomic E-state index is -0.0664. The molecule has 3 rings (SSSR count). The molecule has 2 aromatic carbocycles. The standard InChI is InChI=1S/C22H27N3O3/c1-2-28-20-10-8-17(9-11-20)22(27)24-19-12-14-25(15-13-19)16-21(26)23-18-6-4-3-5-7-18/h3-11,19H,2,12-16H2,1H3,(H,23,26)(H,24,27). The molecule has 2 amide bonds. The molecule has 0 spiro atoms. The van der Waals surface area contributed by atoms with E-state index in [2.05, 4.69) is 15.5 Å². The smallest absolute Gasteiger partial charge is 0.251 e. The van der Waals surface area contributed by atoms with Crippen LogP contribution in [0.3, 0.4) is 0 Å². The molecular formula is C22H27N3O3. The third kappa shape index (κ3) is 5.82. The van der Waals surface area contributed by atoms with Crippen molar-refractivity contribution in [2.75, 3.05) is 31.6 Å². The highest BCUT2D eigenvalue weighted by molar-refractivity contribution is 5.94. The maximum atomic E-state index is 12.4. The molecule has 0 aliphatic carbocycles. The van der Waals surface area contributed by atoms with E-state index in [-0.39, 0.29) is 17.9 Å². The molecule has 0 saturated carbocycles. The molecule has 1 saturated heterocycles. The highest BCUT2D eigenvalue weighted by atomic mass is 16.5. The highest BCUT2D eigenvalue weighted by Crippen LogP contribution is 2.14. The van der Waals surface area contributed by atoms with Crippen molar-refractivity contribution >= 4 is 17.5 Å². The summed E-state index contributed by atoms with van der Waals surface area (Å²) in [5.74, 6) is 0.688. The van der Waals surface area contributed by atoms with Gasteiger partial charge in [0.1, 0.15) is 5.75 Å². The number of rotatable bonds is 7. The van der Waals surface area contributed by atoms with Crippen LogP contribution >= 0.6 is 0 Å². The fourth-order valence-corrected chi connectivity index (χ4v) is 3.30. The van der Waals surface area contributed by atoms with Crippen molar-refractivity contribution in [1.82, 2.24) is 10.2 Å². The summed E-state index contributed by atoms with van der Waals surface area (Å²) in [6, 6.07) is 16.8. The lowest BCUT2D eigenvalue weighted by Gasteiger charge is -2.31. The van der Waals surface area contributed by atoms with E-state index < -0.39 is 0 Å². The Labute approximate surface area is 165 Å². The number of hydrogen-bond donors (Lipinski definition) is 2. The van der Waals surface area contributed by atoms with E-state index in [1.165, 1.54) is 0 Å². The van der Waals surface area contributed by atoms with Crippen LogP contribution in [0.25, 0.3) is 0 Å². The summed E-state index contributed by atoms with van der Waals surface area (Å²) in [5.41, 5.74) is 1.44. The predicted molar refractivity (Wildman–Crippen MR) is 110 cm³/mol. The first-order valence-electron chi connectivity index (χ1n) is 9.75. The van der Waals surface area contributed by atoms with Crippen LogP contribution in [-0.2, 0) is 4.79 Å². The Bertz CT molecular complexity index is 769. The zero-order valence-corrected chi connectivity index (χ0v) is 16.2. The average molecular weight is 381 g/mol. The third-order valence-corrected chi connectivity index (χ3v) is 4.78. The number of hydrogen-bond acceptors (Lipinski definition) is 4. The van der Waals surface area contributed by atoms with Crippen LogP contribution in [0.4, 0.5) is 5.69 Å². The normalized spacial score (nSPS) is 15.0. The first-order valence-corrected chi connectivity index (χ1v) is 9.75. The molecule has 2 aromatic rings. The topological polar surface area (TPSA) is 70.7 Å². The van der Waals surface area contributed by atoms with Gasteiger partial charge in [0, 0.05) is 30.4 Å². The summed E-state index contributed by atoms with van der Waals surface area (Å²) in [4.78, 5) is 26.7. The molecule has 0 aromatic heterocycles. The lowest BCUT2D eigenvalue weighted by atomic mass is 10.0. The van der Waals surface area contributed by atoms with Gasteiger partial charge in [-0.2, -0.15) is 0 Å². The Morgan fingerprint density at radius 3 is 2.36 bits per heavy atom. The van der Waals surface area contributed by atoms with E-state index >= 15 is 0 Å². The number of ether oxygens (including phenoxy) is 1. The summed E-state index contributed by atoms with van der Waals surface area (Å²) in [6.45, 7) is 4.48. The maximum absolute atomic E-state index is 12.4. The Hall–Kier alpha value is -2.86. The SMILES string of the molecule is CCOc1ccc(C(=O)NC2CCN(CC(=O)Nc3ccccc3)CC2)cc1. The van der Waals surface area contributed by atoms with Gasteiger partial charge in [-0.25, -0.2) is 0 Å². The first-order chi connectivity index (χ1) is 13.6. The zero-order chi connectivity index (χ0) is 19.8. The number of carbonyl (C=O) groups is 2. The van der Waals surface area contributed by atoms with Gasteiger partial charge >= 0.3 is 0 Å². The maximum Gasteiger partial charge on any atom is 0.251 e. The summed E-state index contributed by atoms with van der Waals surface area (Å²) in [7, 11) is 0. The molecule has 148 valence electrons. The van der Waals surface area contributed by atoms with Gasteiger partial charge in [-0.05, 0) is 56.2 Å². The Balaban J connectivity index is 1.41. The highest BCUT2D eigenvalue weighted by Gasteiger charge is 2.22. The largest absolute Gasteiger partial charge is 0.494 e. The molecule has 1 aliphatic heterocycles. The number of likely N-dealkylation sites (tertiary alicyclic amines) is 1. The lowest BCUT2D eigenvalue weighted by molar-refractivity contribution is -0.117. The van der Waals surface area contributed by atoms with Crippen LogP contribution in [0.1, 0.15) is 30.1 Å². The second kappa shape index (κ2) is 9.90. The molecule has 6 nitrogen and oxygen atoms in total. The fraction of sp³-hybridized carbons (Fsp3) is 0.364. The summed E-state index contributed by atoms with van der Waals surface area (Å²) < 4.78 is 5.40. The molecule has 28 heavy (non-hydrogen) atoms. The molecule has 0 atom stereocenters. The van der Waals surface area contributed by atoms with Crippen molar-refractivity contribution < 1.29 is 14.3 Å². The van der Waals surface area contributed by atoms with Crippen molar-refractivity contribution in [1.29, 1.82) is 0 Å². The van der Waals surface area contributed by atoms with Crippen LogP contribution in [0, 0.1) is 0 Å². The van der Waals surface area contributed by atoms with Crippen LogP contribution in [0.5, 0.6) is 5.75 Å². The summed E-state index contributed by atoms with van der Waals surface area (Å²) >= 11 is 0. The second-order valence-corrected chi connectivity index (χ2v) is 6.90. The van der Waals surface area contributed by atoms with E-state index in [9.17, 15) is 9.59 Å². The molecular weight excluding hydrogens is 354 g/mol. The predicted octanol–water partition coefficient (Wildman–Crippen LogP) is 2.92. The van der Waals surface area contributed by atoms with E-state index in [4.69, 9.17) is 4.74 Å². The third-order valence-electron chi connectivity index (χ3n) is 4.78. The number of para-hydroxylation sites is 1. The van der Waals surface area contributed by atoms with Crippen molar-refractivity contribution in [2.24, 2.45) is 0 Å². The van der Waals surface area contributed by atoms with Gasteiger partial charge in [-0.1, -0.05) is 18.2 Å². The van der Waals surface area contributed by atoms with Crippen LogP contribution in [-0.4, -0.2) is 49.0 Å². The van der Waals surface area contributed by atoms with Crippen LogP contribution in [0.2, 0.25) is 0 Å². The van der Waals surface area contributed by atoms with Crippen molar-refractivity contribution in [3.63, 3.8) is 0 Å². The molecule has 6 heteroatoms. The fourth-order valence-electron chi connectivity index (χ4n) is 3.30. The first kappa shape index (κ1) is 19.9. The Morgan fingerprint density at radius 1 is 1.04 bits per heavy atom. The number of piperidine rings is 1. The van der Waals surface area contributed by atoms with Gasteiger partial charge in [0.15, 0.2) is 0 Å². The molecule has 1 fully saturated rings. The molecule has 1 heterocycles. The quantitative estimate of drug-likeness (QED) is 0.774. The Morgan fingerprint density at radius 2 is 1.71 bits per heavy atom. The van der Waals surface area contributed by atoms with Gasteiger partial charge < -0.3 is 15.4 Å². The van der Waals surface area contributed by atoms with Crippen molar-refractivity contribution in [3.8, 4) is 5.75 Å². The minimum Gasteiger partial charge on any atom is -0.494 e. The second-order valence-electron chi connectivity index (χ2n) is 6.90. The number of anilines is 1. The molecule has 0 bridgehead atoms. The number of amides is 2. The zero-order valence-electron chi connectivity index (χ0n) is 16.2. The molecule has 2 N–H and O–H groups in total. The lowest BCUT2D eigenvalue weighted by Crippen LogP contribution is -2.46. The van der Waals surface area contributed by atoms with E-state index in [0.717, 1.165) is 37.4 Å². The Kier molecular flexibility index (Phi) is 7.03. The van der Waals surface area contributed by atoms with Crippen molar-refractivity contribution in [3.05, 3.63) is 60.2 Å². The van der Waals surface area contributed by atoms with Gasteiger partial charge in [0.25, 0.3) is 5.91 Å². The van der Waals surface area contributed by atoms with E-state index in [1.807, 2.05) is 49.4 Å². The number of benzene rings is 2. The van der Waals surface area contributed by atoms with Crippen LogP contribution < -0.4 is 15.4 Å². The summed E-state index contributed by atoms with van der Waals surface area (Å²) in [5, 5.41) is 6.00. The number of carbonyl (C=O) groups excluding carboxylic acids is 2. The van der Waals surface area contributed by atoms with Gasteiger partial charge in [-0.15, -0.1) is 0 Å². The number of nitrogens with one attached hydrogen (secondary N) is 2. The summed E-state index contributed by atoms with van der Waals surface area (Å²) in [6.07, 6.45) is 1.67. The number of nitrogens with zero attached hydrogens (tertiary/aromatic N) is 1. The minimum absolute atomic E-state index is 0.0110. The van der Waals surface area contributed by atoms with E-state index in [1.54, 1.807) is 12.1 Å². The van der Waals surface area contributed by atoms with Crippen molar-refractivity contribution in [2.45, 2.75) is 25.8 Å². The van der Waals surface area contributed by atoms with E-state index in [0.29, 0.717) is 18.7 Å².